The topological polar surface area (TPSA) is 43.1 Å². The molecular weight excluding hydrogens is 150 g/mol. The van der Waals surface area contributed by atoms with Gasteiger partial charge in [-0.25, -0.2) is 0 Å². The van der Waals surface area contributed by atoms with E-state index in [1.165, 1.54) is 12.8 Å². The van der Waals surface area contributed by atoms with E-state index in [9.17, 15) is 4.79 Å². The molecule has 0 radical (unpaired) electrons. The van der Waals surface area contributed by atoms with E-state index in [-0.39, 0.29) is 11.8 Å². The standard InChI is InChI=1S/C10H17NO/c1-2-6-3-7-4-8(7)5-9(6)10(11)12/h6-9H,2-5H2,1H3,(H2,11,12). The van der Waals surface area contributed by atoms with Crippen LogP contribution in [0.15, 0.2) is 0 Å². The zero-order valence-corrected chi connectivity index (χ0v) is 7.62. The van der Waals surface area contributed by atoms with E-state index < -0.39 is 0 Å². The highest BCUT2D eigenvalue weighted by Crippen LogP contribution is 2.54. The second-order valence-electron chi connectivity index (χ2n) is 4.40. The van der Waals surface area contributed by atoms with Gasteiger partial charge in [-0.05, 0) is 37.0 Å². The molecule has 0 saturated heterocycles. The molecule has 2 aliphatic carbocycles. The van der Waals surface area contributed by atoms with Crippen LogP contribution in [0.4, 0.5) is 0 Å². The third-order valence-corrected chi connectivity index (χ3v) is 3.69. The van der Waals surface area contributed by atoms with E-state index in [0.29, 0.717) is 5.92 Å². The Kier molecular flexibility index (Phi) is 1.85. The van der Waals surface area contributed by atoms with Crippen molar-refractivity contribution in [3.63, 3.8) is 0 Å². The Morgan fingerprint density at radius 3 is 2.58 bits per heavy atom. The number of nitrogens with two attached hydrogens (primary N) is 1. The van der Waals surface area contributed by atoms with E-state index in [1.54, 1.807) is 0 Å². The first kappa shape index (κ1) is 8.09. The lowest BCUT2D eigenvalue weighted by Crippen LogP contribution is -2.32. The maximum atomic E-state index is 11.1. The fraction of sp³-hybridized carbons (Fsp3) is 0.900. The van der Waals surface area contributed by atoms with Crippen molar-refractivity contribution in [1.82, 2.24) is 0 Å². The molecule has 2 saturated carbocycles. The molecule has 2 heteroatoms. The summed E-state index contributed by atoms with van der Waals surface area (Å²) in [5.74, 6) is 2.52. The first-order valence-electron chi connectivity index (χ1n) is 5.01. The van der Waals surface area contributed by atoms with Crippen LogP contribution in [0.5, 0.6) is 0 Å². The van der Waals surface area contributed by atoms with Crippen molar-refractivity contribution in [2.45, 2.75) is 32.6 Å². The largest absolute Gasteiger partial charge is 0.369 e. The Morgan fingerprint density at radius 2 is 2.00 bits per heavy atom. The highest BCUT2D eigenvalue weighted by atomic mass is 16.1. The van der Waals surface area contributed by atoms with Gasteiger partial charge in [-0.3, -0.25) is 4.79 Å². The number of carbonyl (C=O) groups excluding carboxylic acids is 1. The molecule has 2 fully saturated rings. The van der Waals surface area contributed by atoms with Gasteiger partial charge in [0.05, 0.1) is 0 Å². The van der Waals surface area contributed by atoms with Crippen LogP contribution in [0.2, 0.25) is 0 Å². The van der Waals surface area contributed by atoms with Crippen LogP contribution in [-0.4, -0.2) is 5.91 Å². The Hall–Kier alpha value is -0.530. The quantitative estimate of drug-likeness (QED) is 0.666. The van der Waals surface area contributed by atoms with E-state index in [4.69, 9.17) is 5.73 Å². The number of hydrogen-bond donors (Lipinski definition) is 1. The summed E-state index contributed by atoms with van der Waals surface area (Å²) in [6, 6.07) is 0. The molecule has 2 nitrogen and oxygen atoms in total. The zero-order valence-electron chi connectivity index (χ0n) is 7.62. The van der Waals surface area contributed by atoms with Gasteiger partial charge in [-0.15, -0.1) is 0 Å². The third-order valence-electron chi connectivity index (χ3n) is 3.69. The lowest BCUT2D eigenvalue weighted by atomic mass is 9.77. The minimum Gasteiger partial charge on any atom is -0.369 e. The molecule has 0 spiro atoms. The van der Waals surface area contributed by atoms with Crippen molar-refractivity contribution >= 4 is 5.91 Å². The molecule has 4 atom stereocenters. The van der Waals surface area contributed by atoms with Gasteiger partial charge < -0.3 is 5.73 Å². The van der Waals surface area contributed by atoms with Crippen LogP contribution >= 0.6 is 0 Å². The van der Waals surface area contributed by atoms with Crippen molar-refractivity contribution in [3.8, 4) is 0 Å². The molecule has 0 aromatic carbocycles. The summed E-state index contributed by atoms with van der Waals surface area (Å²) < 4.78 is 0. The Morgan fingerprint density at radius 1 is 1.33 bits per heavy atom. The fourth-order valence-corrected chi connectivity index (χ4v) is 2.76. The van der Waals surface area contributed by atoms with E-state index >= 15 is 0 Å². The first-order valence-corrected chi connectivity index (χ1v) is 5.01. The number of rotatable bonds is 2. The highest BCUT2D eigenvalue weighted by molar-refractivity contribution is 5.77. The van der Waals surface area contributed by atoms with Crippen molar-refractivity contribution in [1.29, 1.82) is 0 Å². The van der Waals surface area contributed by atoms with Crippen LogP contribution in [0, 0.1) is 23.7 Å². The summed E-state index contributed by atoms with van der Waals surface area (Å²) >= 11 is 0. The van der Waals surface area contributed by atoms with Gasteiger partial charge in [0.25, 0.3) is 0 Å². The van der Waals surface area contributed by atoms with Gasteiger partial charge in [-0.2, -0.15) is 0 Å². The van der Waals surface area contributed by atoms with Gasteiger partial charge in [-0.1, -0.05) is 13.3 Å². The van der Waals surface area contributed by atoms with Gasteiger partial charge in [0, 0.05) is 5.92 Å². The predicted molar refractivity (Wildman–Crippen MR) is 47.3 cm³/mol. The average molecular weight is 167 g/mol. The Labute approximate surface area is 73.5 Å². The summed E-state index contributed by atoms with van der Waals surface area (Å²) in [7, 11) is 0. The van der Waals surface area contributed by atoms with E-state index in [2.05, 4.69) is 6.92 Å². The summed E-state index contributed by atoms with van der Waals surface area (Å²) in [6.45, 7) is 2.17. The number of carbonyl (C=O) groups is 1. The van der Waals surface area contributed by atoms with Gasteiger partial charge >= 0.3 is 0 Å². The normalized spacial score (nSPS) is 45.1. The molecule has 2 aliphatic rings. The van der Waals surface area contributed by atoms with Crippen LogP contribution in [0.1, 0.15) is 32.6 Å². The molecule has 0 heterocycles. The number of amides is 1. The van der Waals surface area contributed by atoms with E-state index in [1.807, 2.05) is 0 Å². The fourth-order valence-electron chi connectivity index (χ4n) is 2.76. The SMILES string of the molecule is CCC1CC2CC2CC1C(N)=O. The lowest BCUT2D eigenvalue weighted by molar-refractivity contribution is -0.124. The molecule has 12 heavy (non-hydrogen) atoms. The monoisotopic (exact) mass is 167 g/mol. The van der Waals surface area contributed by atoms with Gasteiger partial charge in [0.15, 0.2) is 0 Å². The highest BCUT2D eigenvalue weighted by Gasteiger charge is 2.47. The number of primary amides is 1. The summed E-state index contributed by atoms with van der Waals surface area (Å²) in [4.78, 5) is 11.1. The van der Waals surface area contributed by atoms with Crippen molar-refractivity contribution in [3.05, 3.63) is 0 Å². The van der Waals surface area contributed by atoms with Crippen LogP contribution < -0.4 is 5.73 Å². The molecule has 0 aromatic rings. The molecule has 1 amide bonds. The molecule has 0 bridgehead atoms. The molecule has 4 unspecified atom stereocenters. The maximum Gasteiger partial charge on any atom is 0.220 e. The summed E-state index contributed by atoms with van der Waals surface area (Å²) in [6.07, 6.45) is 4.82. The molecule has 0 aliphatic heterocycles. The van der Waals surface area contributed by atoms with Crippen LogP contribution in [0.25, 0.3) is 0 Å². The van der Waals surface area contributed by atoms with Crippen LogP contribution in [-0.2, 0) is 4.79 Å². The zero-order chi connectivity index (χ0) is 8.72. The molecule has 2 N–H and O–H groups in total. The molecular formula is C10H17NO. The van der Waals surface area contributed by atoms with E-state index in [0.717, 1.165) is 24.7 Å². The Balaban J connectivity index is 2.03. The number of fused-ring (bicyclic) bond motifs is 1. The van der Waals surface area contributed by atoms with Gasteiger partial charge in [0.2, 0.25) is 5.91 Å². The second-order valence-corrected chi connectivity index (χ2v) is 4.40. The minimum atomic E-state index is -0.0628. The maximum absolute atomic E-state index is 11.1. The van der Waals surface area contributed by atoms with Crippen molar-refractivity contribution < 1.29 is 4.79 Å². The smallest absolute Gasteiger partial charge is 0.220 e. The predicted octanol–water partition coefficient (Wildman–Crippen LogP) is 1.54. The third kappa shape index (κ3) is 1.23. The summed E-state index contributed by atoms with van der Waals surface area (Å²) in [5, 5.41) is 0. The lowest BCUT2D eigenvalue weighted by Gasteiger charge is -2.27. The first-order chi connectivity index (χ1) is 5.72. The Bertz CT molecular complexity index is 202. The molecule has 68 valence electrons. The van der Waals surface area contributed by atoms with Crippen molar-refractivity contribution in [2.75, 3.05) is 0 Å². The molecule has 0 aromatic heterocycles. The number of hydrogen-bond acceptors (Lipinski definition) is 1. The van der Waals surface area contributed by atoms with Crippen LogP contribution in [0.3, 0.4) is 0 Å². The average Bonchev–Trinajstić information content (AvgIpc) is 2.79. The summed E-state index contributed by atoms with van der Waals surface area (Å²) in [5.41, 5.74) is 5.37. The van der Waals surface area contributed by atoms with Crippen molar-refractivity contribution in [2.24, 2.45) is 29.4 Å². The molecule has 2 rings (SSSR count). The minimum absolute atomic E-state index is 0.0628. The second kappa shape index (κ2) is 2.75. The van der Waals surface area contributed by atoms with Gasteiger partial charge in [0.1, 0.15) is 0 Å².